The third kappa shape index (κ3) is 7.64. The minimum Gasteiger partial charge on any atom is -0.357 e. The molecule has 9 heteroatoms. The number of likely N-dealkylation sites (N-methyl/N-ethyl adjacent to an activating group) is 1. The van der Waals surface area contributed by atoms with E-state index >= 15 is 0 Å². The first kappa shape index (κ1) is 28.8. The van der Waals surface area contributed by atoms with Crippen LogP contribution in [0.3, 0.4) is 0 Å². The Kier molecular flexibility index (Phi) is 10.0. The van der Waals surface area contributed by atoms with Crippen LogP contribution in [0.1, 0.15) is 29.5 Å². The molecule has 202 valence electrons. The maximum Gasteiger partial charge on any atom is 0.242 e. The average molecular weight is 540 g/mol. The molecule has 38 heavy (non-hydrogen) atoms. The average Bonchev–Trinajstić information content (AvgIpc) is 2.89. The predicted molar refractivity (Wildman–Crippen MR) is 148 cm³/mol. The minimum absolute atomic E-state index is 0.0192. The zero-order valence-electron chi connectivity index (χ0n) is 21.9. The summed E-state index contributed by atoms with van der Waals surface area (Å²) in [7, 11) is -2.09. The summed E-state index contributed by atoms with van der Waals surface area (Å²) in [5.41, 5.74) is 2.50. The van der Waals surface area contributed by atoms with Crippen LogP contribution in [0, 0.1) is 12.7 Å². The van der Waals surface area contributed by atoms with Crippen molar-refractivity contribution >= 4 is 27.5 Å². The van der Waals surface area contributed by atoms with Gasteiger partial charge in [0.2, 0.25) is 21.8 Å². The van der Waals surface area contributed by atoms with Crippen LogP contribution in [-0.2, 0) is 32.6 Å². The van der Waals surface area contributed by atoms with Crippen LogP contribution in [-0.4, -0.2) is 51.0 Å². The number of aryl methyl sites for hydroxylation is 1. The highest BCUT2D eigenvalue weighted by Crippen LogP contribution is 2.23. The fraction of sp³-hybridized carbons (Fsp3) is 0.310. The molecule has 0 aliphatic rings. The number of sulfonamides is 1. The lowest BCUT2D eigenvalue weighted by Gasteiger charge is -2.31. The maximum atomic E-state index is 14.6. The number of halogens is 1. The number of amides is 2. The minimum atomic E-state index is -3.59. The highest BCUT2D eigenvalue weighted by atomic mass is 32.2. The van der Waals surface area contributed by atoms with Gasteiger partial charge in [-0.25, -0.2) is 12.8 Å². The monoisotopic (exact) mass is 539 g/mol. The van der Waals surface area contributed by atoms with E-state index in [1.165, 1.54) is 22.3 Å². The molecule has 7 nitrogen and oxygen atoms in total. The van der Waals surface area contributed by atoms with E-state index in [-0.39, 0.29) is 44.2 Å². The summed E-state index contributed by atoms with van der Waals surface area (Å²) in [5, 5.41) is 2.63. The van der Waals surface area contributed by atoms with E-state index in [9.17, 15) is 22.4 Å². The lowest BCUT2D eigenvalue weighted by Crippen LogP contribution is -2.50. The number of carbonyl (C=O) groups is 2. The van der Waals surface area contributed by atoms with Gasteiger partial charge >= 0.3 is 0 Å². The molecule has 0 aliphatic carbocycles. The first-order chi connectivity index (χ1) is 18.1. The molecule has 0 aromatic heterocycles. The molecule has 3 aromatic carbocycles. The van der Waals surface area contributed by atoms with Crippen LogP contribution in [0.15, 0.2) is 78.9 Å². The first-order valence-electron chi connectivity index (χ1n) is 12.4. The molecule has 0 spiro atoms. The van der Waals surface area contributed by atoms with E-state index in [4.69, 9.17) is 0 Å². The topological polar surface area (TPSA) is 86.8 Å². The Morgan fingerprint density at radius 2 is 1.58 bits per heavy atom. The summed E-state index contributed by atoms with van der Waals surface area (Å²) < 4.78 is 41.0. The second-order valence-electron chi connectivity index (χ2n) is 9.16. The summed E-state index contributed by atoms with van der Waals surface area (Å²) >= 11 is 0. The quantitative estimate of drug-likeness (QED) is 0.376. The van der Waals surface area contributed by atoms with Crippen LogP contribution in [0.4, 0.5) is 10.1 Å². The normalized spacial score (nSPS) is 12.0. The molecule has 0 aliphatic heterocycles. The molecule has 0 heterocycles. The molecule has 0 bridgehead atoms. The summed E-state index contributed by atoms with van der Waals surface area (Å²) in [4.78, 5) is 28.0. The summed E-state index contributed by atoms with van der Waals surface area (Å²) in [5.74, 6) is -1.20. The number of hydrogen-bond acceptors (Lipinski definition) is 4. The van der Waals surface area contributed by atoms with Gasteiger partial charge in [-0.05, 0) is 36.6 Å². The Morgan fingerprint density at radius 1 is 0.947 bits per heavy atom. The van der Waals surface area contributed by atoms with Gasteiger partial charge in [-0.3, -0.25) is 13.9 Å². The molecule has 0 radical (unpaired) electrons. The standard InChI is InChI=1S/C29H34FN3O4S/c1-22-12-7-10-17-26(22)33(38(3,36)37)19-11-18-28(34)32(21-24-15-8-9-16-25(24)30)27(29(35)31-2)20-23-13-5-4-6-14-23/h4-10,12-17,27H,11,18-21H2,1-3H3,(H,31,35). The van der Waals surface area contributed by atoms with Gasteiger partial charge < -0.3 is 10.2 Å². The zero-order chi connectivity index (χ0) is 27.7. The molecule has 2 amide bonds. The lowest BCUT2D eigenvalue weighted by atomic mass is 10.0. The van der Waals surface area contributed by atoms with E-state index in [0.717, 1.165) is 17.4 Å². The number of para-hydroxylation sites is 1. The Labute approximate surface area is 224 Å². The van der Waals surface area contributed by atoms with E-state index in [1.807, 2.05) is 49.4 Å². The number of hydrogen-bond donors (Lipinski definition) is 1. The highest BCUT2D eigenvalue weighted by molar-refractivity contribution is 7.92. The van der Waals surface area contributed by atoms with Crippen LogP contribution in [0.2, 0.25) is 0 Å². The number of nitrogens with one attached hydrogen (secondary N) is 1. The molecular formula is C29H34FN3O4S. The Hall–Kier alpha value is -3.72. The maximum absolute atomic E-state index is 14.6. The fourth-order valence-corrected chi connectivity index (χ4v) is 5.38. The number of rotatable bonds is 12. The van der Waals surface area contributed by atoms with E-state index in [1.54, 1.807) is 30.3 Å². The van der Waals surface area contributed by atoms with Crippen LogP contribution >= 0.6 is 0 Å². The molecule has 1 unspecified atom stereocenters. The van der Waals surface area contributed by atoms with Gasteiger partial charge in [-0.15, -0.1) is 0 Å². The van der Waals surface area contributed by atoms with E-state index < -0.39 is 21.9 Å². The van der Waals surface area contributed by atoms with Gasteiger partial charge in [0, 0.05) is 38.5 Å². The summed E-state index contributed by atoms with van der Waals surface area (Å²) in [6.07, 6.45) is 1.58. The van der Waals surface area contributed by atoms with Gasteiger partial charge in [0.25, 0.3) is 0 Å². The number of anilines is 1. The van der Waals surface area contributed by atoms with Crippen LogP contribution in [0.5, 0.6) is 0 Å². The second kappa shape index (κ2) is 13.2. The van der Waals surface area contributed by atoms with Crippen molar-refractivity contribution in [3.63, 3.8) is 0 Å². The fourth-order valence-electron chi connectivity index (χ4n) is 4.36. The molecule has 1 N–H and O–H groups in total. The largest absolute Gasteiger partial charge is 0.357 e. The van der Waals surface area contributed by atoms with Gasteiger partial charge in [-0.1, -0.05) is 66.7 Å². The van der Waals surface area contributed by atoms with Crippen molar-refractivity contribution in [1.29, 1.82) is 0 Å². The molecule has 3 aromatic rings. The van der Waals surface area contributed by atoms with Gasteiger partial charge in [0.15, 0.2) is 0 Å². The van der Waals surface area contributed by atoms with Crippen molar-refractivity contribution in [1.82, 2.24) is 10.2 Å². The third-order valence-electron chi connectivity index (χ3n) is 6.35. The predicted octanol–water partition coefficient (Wildman–Crippen LogP) is 4.07. The molecule has 0 fully saturated rings. The Balaban J connectivity index is 1.86. The molecular weight excluding hydrogens is 505 g/mol. The first-order valence-corrected chi connectivity index (χ1v) is 14.3. The van der Waals surface area contributed by atoms with Gasteiger partial charge in [0.05, 0.1) is 11.9 Å². The number of nitrogens with zero attached hydrogens (tertiary/aromatic N) is 2. The lowest BCUT2D eigenvalue weighted by molar-refractivity contribution is -0.141. The van der Waals surface area contributed by atoms with Crippen molar-refractivity contribution in [2.24, 2.45) is 0 Å². The van der Waals surface area contributed by atoms with Crippen molar-refractivity contribution in [3.8, 4) is 0 Å². The number of carbonyl (C=O) groups excluding carboxylic acids is 2. The molecule has 1 atom stereocenters. The molecule has 3 rings (SSSR count). The van der Waals surface area contributed by atoms with Crippen molar-refractivity contribution < 1.29 is 22.4 Å². The highest BCUT2D eigenvalue weighted by Gasteiger charge is 2.30. The zero-order valence-corrected chi connectivity index (χ0v) is 22.7. The Morgan fingerprint density at radius 3 is 2.21 bits per heavy atom. The third-order valence-corrected chi connectivity index (χ3v) is 7.53. The van der Waals surface area contributed by atoms with Crippen molar-refractivity contribution in [2.75, 3.05) is 24.2 Å². The summed E-state index contributed by atoms with van der Waals surface area (Å²) in [6, 6.07) is 21.7. The van der Waals surface area contributed by atoms with Gasteiger partial charge in [-0.2, -0.15) is 0 Å². The molecule has 0 saturated heterocycles. The van der Waals surface area contributed by atoms with Crippen LogP contribution in [0.25, 0.3) is 0 Å². The van der Waals surface area contributed by atoms with Crippen molar-refractivity contribution in [3.05, 3.63) is 101 Å². The van der Waals surface area contributed by atoms with E-state index in [0.29, 0.717) is 11.3 Å². The van der Waals surface area contributed by atoms with E-state index in [2.05, 4.69) is 5.32 Å². The molecule has 0 saturated carbocycles. The van der Waals surface area contributed by atoms with Crippen LogP contribution < -0.4 is 9.62 Å². The van der Waals surface area contributed by atoms with Crippen molar-refractivity contribution in [2.45, 2.75) is 38.8 Å². The SMILES string of the molecule is CNC(=O)C(Cc1ccccc1)N(Cc1ccccc1F)C(=O)CCCN(c1ccccc1C)S(C)(=O)=O. The second-order valence-corrected chi connectivity index (χ2v) is 11.1. The number of benzene rings is 3. The smallest absolute Gasteiger partial charge is 0.242 e. The Bertz CT molecular complexity index is 1350. The summed E-state index contributed by atoms with van der Waals surface area (Å²) in [6.45, 7) is 1.82. The van der Waals surface area contributed by atoms with Gasteiger partial charge in [0.1, 0.15) is 11.9 Å².